The Morgan fingerprint density at radius 2 is 2.15 bits per heavy atom. The molecule has 0 aliphatic carbocycles. The monoisotopic (exact) mass is 308 g/mol. The first kappa shape index (κ1) is 13.6. The third kappa shape index (κ3) is 2.13. The first-order valence-corrected chi connectivity index (χ1v) is 8.77. The topological polar surface area (TPSA) is 63.4 Å². The number of rotatable bonds is 3. The van der Waals surface area contributed by atoms with Crippen LogP contribution in [0.4, 0.5) is 5.69 Å². The summed E-state index contributed by atoms with van der Waals surface area (Å²) in [5, 5.41) is 1.78. The van der Waals surface area contributed by atoms with Crippen molar-refractivity contribution in [2.24, 2.45) is 5.73 Å². The highest BCUT2D eigenvalue weighted by Crippen LogP contribution is 2.35. The van der Waals surface area contributed by atoms with Gasteiger partial charge in [-0.1, -0.05) is 18.2 Å². The Morgan fingerprint density at radius 1 is 1.35 bits per heavy atom. The molecule has 1 aliphatic rings. The number of nitrogens with two attached hydrogens (primary N) is 1. The molecule has 6 heteroatoms. The SMILES string of the molecule is CC(N)c1ccc2c(c1)CCN2S(=O)(=O)c1cccs1. The van der Waals surface area contributed by atoms with Crippen molar-refractivity contribution >= 4 is 27.0 Å². The molecular weight excluding hydrogens is 292 g/mol. The number of fused-ring (bicyclic) bond motifs is 1. The maximum atomic E-state index is 12.6. The van der Waals surface area contributed by atoms with Crippen molar-refractivity contribution in [3.63, 3.8) is 0 Å². The van der Waals surface area contributed by atoms with Crippen molar-refractivity contribution < 1.29 is 8.42 Å². The maximum Gasteiger partial charge on any atom is 0.273 e. The average molecular weight is 308 g/mol. The van der Waals surface area contributed by atoms with Crippen LogP contribution >= 0.6 is 11.3 Å². The fourth-order valence-electron chi connectivity index (χ4n) is 2.44. The Bertz CT molecular complexity index is 722. The van der Waals surface area contributed by atoms with Crippen LogP contribution < -0.4 is 10.0 Å². The molecule has 3 rings (SSSR count). The molecule has 0 saturated carbocycles. The zero-order valence-corrected chi connectivity index (χ0v) is 12.7. The summed E-state index contributed by atoms with van der Waals surface area (Å²) < 4.78 is 27.1. The molecule has 0 radical (unpaired) electrons. The summed E-state index contributed by atoms with van der Waals surface area (Å²) in [6.07, 6.45) is 0.737. The van der Waals surface area contributed by atoms with Gasteiger partial charge in [-0.2, -0.15) is 0 Å². The van der Waals surface area contributed by atoms with E-state index >= 15 is 0 Å². The number of hydrogen-bond acceptors (Lipinski definition) is 4. The van der Waals surface area contributed by atoms with E-state index in [0.29, 0.717) is 10.8 Å². The lowest BCUT2D eigenvalue weighted by Gasteiger charge is -2.19. The van der Waals surface area contributed by atoms with E-state index in [0.717, 1.165) is 23.2 Å². The third-order valence-electron chi connectivity index (χ3n) is 3.52. The molecule has 0 spiro atoms. The van der Waals surface area contributed by atoms with Crippen molar-refractivity contribution in [3.05, 3.63) is 46.8 Å². The van der Waals surface area contributed by atoms with Crippen molar-refractivity contribution in [2.45, 2.75) is 23.6 Å². The van der Waals surface area contributed by atoms with Crippen LogP contribution in [0.2, 0.25) is 0 Å². The van der Waals surface area contributed by atoms with E-state index in [1.807, 2.05) is 25.1 Å². The van der Waals surface area contributed by atoms with Crippen LogP contribution in [-0.4, -0.2) is 15.0 Å². The zero-order chi connectivity index (χ0) is 14.3. The van der Waals surface area contributed by atoms with Crippen LogP contribution in [-0.2, 0) is 16.4 Å². The van der Waals surface area contributed by atoms with E-state index in [1.54, 1.807) is 17.5 Å². The highest BCUT2D eigenvalue weighted by molar-refractivity contribution is 7.94. The second-order valence-electron chi connectivity index (χ2n) is 4.94. The van der Waals surface area contributed by atoms with Crippen LogP contribution in [0.5, 0.6) is 0 Å². The van der Waals surface area contributed by atoms with Gasteiger partial charge in [0.2, 0.25) is 0 Å². The smallest absolute Gasteiger partial charge is 0.273 e. The summed E-state index contributed by atoms with van der Waals surface area (Å²) in [6, 6.07) is 9.16. The molecule has 0 amide bonds. The van der Waals surface area contributed by atoms with Gasteiger partial charge in [0, 0.05) is 12.6 Å². The second-order valence-corrected chi connectivity index (χ2v) is 7.97. The third-order valence-corrected chi connectivity index (χ3v) is 6.71. The summed E-state index contributed by atoms with van der Waals surface area (Å²) in [6.45, 7) is 2.43. The number of benzene rings is 1. The number of thiophene rings is 1. The van der Waals surface area contributed by atoms with Gasteiger partial charge < -0.3 is 5.73 Å². The van der Waals surface area contributed by atoms with Crippen LogP contribution in [0, 0.1) is 0 Å². The lowest BCUT2D eigenvalue weighted by atomic mass is 10.0. The lowest BCUT2D eigenvalue weighted by Crippen LogP contribution is -2.28. The van der Waals surface area contributed by atoms with Crippen LogP contribution in [0.15, 0.2) is 39.9 Å². The number of anilines is 1. The van der Waals surface area contributed by atoms with Gasteiger partial charge in [-0.25, -0.2) is 8.42 Å². The Morgan fingerprint density at radius 3 is 2.80 bits per heavy atom. The van der Waals surface area contributed by atoms with Gasteiger partial charge in [0.1, 0.15) is 4.21 Å². The minimum atomic E-state index is -3.42. The fraction of sp³-hybridized carbons (Fsp3) is 0.286. The maximum absolute atomic E-state index is 12.6. The van der Waals surface area contributed by atoms with E-state index in [-0.39, 0.29) is 6.04 Å². The highest BCUT2D eigenvalue weighted by atomic mass is 32.2. The number of sulfonamides is 1. The van der Waals surface area contributed by atoms with Gasteiger partial charge in [-0.15, -0.1) is 11.3 Å². The largest absolute Gasteiger partial charge is 0.324 e. The summed E-state index contributed by atoms with van der Waals surface area (Å²) in [5.74, 6) is 0. The molecule has 1 unspecified atom stereocenters. The van der Waals surface area contributed by atoms with E-state index in [9.17, 15) is 8.42 Å². The molecule has 2 heterocycles. The molecule has 106 valence electrons. The van der Waals surface area contributed by atoms with E-state index in [2.05, 4.69) is 0 Å². The van der Waals surface area contributed by atoms with Crippen LogP contribution in [0.3, 0.4) is 0 Å². The standard InChI is InChI=1S/C14H16N2O2S2/c1-10(15)11-4-5-13-12(9-11)6-7-16(13)20(17,18)14-3-2-8-19-14/h2-5,8-10H,6-7,15H2,1H3. The van der Waals surface area contributed by atoms with Gasteiger partial charge >= 0.3 is 0 Å². The second kappa shape index (κ2) is 4.87. The molecule has 1 aromatic heterocycles. The minimum Gasteiger partial charge on any atom is -0.324 e. The summed E-state index contributed by atoms with van der Waals surface area (Å²) in [4.78, 5) is 0. The average Bonchev–Trinajstić information content (AvgIpc) is 3.07. The van der Waals surface area contributed by atoms with E-state index in [4.69, 9.17) is 5.73 Å². The van der Waals surface area contributed by atoms with Crippen molar-refractivity contribution in [1.29, 1.82) is 0 Å². The van der Waals surface area contributed by atoms with E-state index < -0.39 is 10.0 Å². The molecule has 0 bridgehead atoms. The molecule has 1 atom stereocenters. The van der Waals surface area contributed by atoms with Gasteiger partial charge in [0.15, 0.2) is 0 Å². The van der Waals surface area contributed by atoms with E-state index in [1.165, 1.54) is 15.6 Å². The Balaban J connectivity index is 2.02. The van der Waals surface area contributed by atoms with Gasteiger partial charge in [0.05, 0.1) is 5.69 Å². The molecule has 1 aliphatic heterocycles. The predicted octanol–water partition coefficient (Wildman–Crippen LogP) is 2.52. The van der Waals surface area contributed by atoms with Gasteiger partial charge in [-0.05, 0) is 42.0 Å². The van der Waals surface area contributed by atoms with Crippen molar-refractivity contribution in [3.8, 4) is 0 Å². The van der Waals surface area contributed by atoms with Crippen LogP contribution in [0.25, 0.3) is 0 Å². The molecule has 2 aromatic rings. The molecule has 0 saturated heterocycles. The molecule has 1 aromatic carbocycles. The number of nitrogens with zero attached hydrogens (tertiary/aromatic N) is 1. The van der Waals surface area contributed by atoms with Crippen molar-refractivity contribution in [2.75, 3.05) is 10.8 Å². The summed E-state index contributed by atoms with van der Waals surface area (Å²) in [5.41, 5.74) is 8.75. The highest BCUT2D eigenvalue weighted by Gasteiger charge is 2.31. The first-order chi connectivity index (χ1) is 9.50. The van der Waals surface area contributed by atoms with Crippen LogP contribution in [0.1, 0.15) is 24.1 Å². The number of hydrogen-bond donors (Lipinski definition) is 1. The minimum absolute atomic E-state index is 0.0387. The van der Waals surface area contributed by atoms with Crippen molar-refractivity contribution in [1.82, 2.24) is 0 Å². The molecule has 2 N–H and O–H groups in total. The molecule has 0 fully saturated rings. The Labute approximate surface area is 122 Å². The molecular formula is C14H16N2O2S2. The van der Waals surface area contributed by atoms with Gasteiger partial charge in [0.25, 0.3) is 10.0 Å². The fourth-order valence-corrected chi connectivity index (χ4v) is 5.05. The summed E-state index contributed by atoms with van der Waals surface area (Å²) >= 11 is 1.25. The zero-order valence-electron chi connectivity index (χ0n) is 11.1. The molecule has 4 nitrogen and oxygen atoms in total. The Hall–Kier alpha value is -1.37. The Kier molecular flexibility index (Phi) is 3.32. The molecule has 20 heavy (non-hydrogen) atoms. The lowest BCUT2D eigenvalue weighted by molar-refractivity contribution is 0.594. The normalized spacial score (nSPS) is 16.2. The summed E-state index contributed by atoms with van der Waals surface area (Å²) in [7, 11) is -3.42. The first-order valence-electron chi connectivity index (χ1n) is 6.45. The predicted molar refractivity (Wildman–Crippen MR) is 81.6 cm³/mol. The van der Waals surface area contributed by atoms with Gasteiger partial charge in [-0.3, -0.25) is 4.31 Å². The quantitative estimate of drug-likeness (QED) is 0.947.